The summed E-state index contributed by atoms with van der Waals surface area (Å²) in [4.78, 5) is 0. The third-order valence-corrected chi connectivity index (χ3v) is 5.92. The summed E-state index contributed by atoms with van der Waals surface area (Å²) in [6.45, 7) is 4.74. The van der Waals surface area contributed by atoms with Crippen molar-refractivity contribution in [1.82, 2.24) is 0 Å². The molecule has 0 saturated heterocycles. The van der Waals surface area contributed by atoms with E-state index in [9.17, 15) is 5.11 Å². The van der Waals surface area contributed by atoms with Crippen LogP contribution in [0.2, 0.25) is 0 Å². The Balaban J connectivity index is 1.55. The van der Waals surface area contributed by atoms with E-state index in [4.69, 9.17) is 4.74 Å². The first-order chi connectivity index (χ1) is 8.52. The molecule has 0 radical (unpaired) electrons. The maximum absolute atomic E-state index is 10.1. The molecule has 0 aromatic carbocycles. The summed E-state index contributed by atoms with van der Waals surface area (Å²) >= 11 is 0. The molecule has 1 spiro atoms. The second kappa shape index (κ2) is 4.49. The number of aliphatic hydroxyl groups is 1. The molecule has 0 bridgehead atoms. The highest BCUT2D eigenvalue weighted by atomic mass is 16.5. The molecule has 0 aliphatic heterocycles. The fourth-order valence-electron chi connectivity index (χ4n) is 4.35. The summed E-state index contributed by atoms with van der Waals surface area (Å²) < 4.78 is 6.37. The molecule has 0 heterocycles. The monoisotopic (exact) mass is 252 g/mol. The van der Waals surface area contributed by atoms with Crippen molar-refractivity contribution in [3.8, 4) is 0 Å². The molecule has 3 aliphatic carbocycles. The summed E-state index contributed by atoms with van der Waals surface area (Å²) in [7, 11) is 0. The van der Waals surface area contributed by atoms with Crippen LogP contribution in [0.15, 0.2) is 0 Å². The lowest BCUT2D eigenvalue weighted by atomic mass is 9.62. The zero-order valence-corrected chi connectivity index (χ0v) is 12.0. The van der Waals surface area contributed by atoms with Crippen LogP contribution < -0.4 is 0 Å². The average molecular weight is 252 g/mol. The lowest BCUT2D eigenvalue weighted by molar-refractivity contribution is -0.213. The van der Waals surface area contributed by atoms with Gasteiger partial charge in [0.2, 0.25) is 0 Å². The Morgan fingerprint density at radius 3 is 2.17 bits per heavy atom. The molecular weight excluding hydrogens is 224 g/mol. The van der Waals surface area contributed by atoms with E-state index in [0.717, 1.165) is 6.42 Å². The Morgan fingerprint density at radius 2 is 1.61 bits per heavy atom. The van der Waals surface area contributed by atoms with Crippen LogP contribution in [0.3, 0.4) is 0 Å². The van der Waals surface area contributed by atoms with Gasteiger partial charge in [0.15, 0.2) is 0 Å². The van der Waals surface area contributed by atoms with E-state index >= 15 is 0 Å². The van der Waals surface area contributed by atoms with Crippen molar-refractivity contribution in [1.29, 1.82) is 0 Å². The molecule has 104 valence electrons. The normalized spacial score (nSPS) is 38.8. The molecule has 0 aromatic rings. The molecular formula is C16H28O2. The minimum atomic E-state index is -0.0787. The third-order valence-electron chi connectivity index (χ3n) is 5.92. The van der Waals surface area contributed by atoms with Crippen LogP contribution in [-0.4, -0.2) is 23.4 Å². The van der Waals surface area contributed by atoms with Gasteiger partial charge < -0.3 is 9.84 Å². The number of hydrogen-bond donors (Lipinski definition) is 1. The molecule has 2 unspecified atom stereocenters. The predicted octanol–water partition coefficient (Wildman–Crippen LogP) is 3.67. The van der Waals surface area contributed by atoms with Crippen LogP contribution in [-0.2, 0) is 4.74 Å². The molecule has 0 aromatic heterocycles. The van der Waals surface area contributed by atoms with E-state index in [1.54, 1.807) is 0 Å². The largest absolute Gasteiger partial charge is 0.392 e. The zero-order valence-electron chi connectivity index (χ0n) is 12.0. The summed E-state index contributed by atoms with van der Waals surface area (Å²) in [5.41, 5.74) is 0.678. The van der Waals surface area contributed by atoms with Gasteiger partial charge in [-0.15, -0.1) is 0 Å². The molecule has 3 saturated carbocycles. The highest BCUT2D eigenvalue weighted by Crippen LogP contribution is 2.55. The van der Waals surface area contributed by atoms with Crippen LogP contribution in [0, 0.1) is 10.8 Å². The molecule has 3 fully saturated rings. The zero-order chi connectivity index (χ0) is 12.8. The molecule has 2 nitrogen and oxygen atoms in total. The van der Waals surface area contributed by atoms with Crippen molar-refractivity contribution in [2.24, 2.45) is 10.8 Å². The molecule has 1 N–H and O–H groups in total. The number of rotatable bonds is 2. The first kappa shape index (κ1) is 12.9. The van der Waals surface area contributed by atoms with Gasteiger partial charge in [-0.2, -0.15) is 0 Å². The van der Waals surface area contributed by atoms with Crippen LogP contribution in [0.4, 0.5) is 0 Å². The van der Waals surface area contributed by atoms with Crippen molar-refractivity contribution >= 4 is 0 Å². The van der Waals surface area contributed by atoms with Crippen LogP contribution in [0.1, 0.15) is 71.6 Å². The van der Waals surface area contributed by atoms with Crippen molar-refractivity contribution in [3.05, 3.63) is 0 Å². The Hall–Kier alpha value is -0.0800. The fourth-order valence-corrected chi connectivity index (χ4v) is 4.35. The van der Waals surface area contributed by atoms with Gasteiger partial charge >= 0.3 is 0 Å². The molecule has 0 amide bonds. The third kappa shape index (κ3) is 2.12. The van der Waals surface area contributed by atoms with Crippen molar-refractivity contribution in [3.63, 3.8) is 0 Å². The molecule has 18 heavy (non-hydrogen) atoms. The van der Waals surface area contributed by atoms with Gasteiger partial charge in [0.1, 0.15) is 0 Å². The molecule has 3 rings (SSSR count). The second-order valence-electron chi connectivity index (χ2n) is 7.68. The topological polar surface area (TPSA) is 29.5 Å². The minimum absolute atomic E-state index is 0.0787. The van der Waals surface area contributed by atoms with E-state index in [1.165, 1.54) is 51.4 Å². The van der Waals surface area contributed by atoms with Gasteiger partial charge in [-0.25, -0.2) is 0 Å². The predicted molar refractivity (Wildman–Crippen MR) is 72.4 cm³/mol. The lowest BCUT2D eigenvalue weighted by Gasteiger charge is -2.53. The van der Waals surface area contributed by atoms with Crippen molar-refractivity contribution in [2.45, 2.75) is 89.9 Å². The van der Waals surface area contributed by atoms with E-state index < -0.39 is 0 Å². The first-order valence-corrected chi connectivity index (χ1v) is 7.85. The van der Waals surface area contributed by atoms with Gasteiger partial charge in [0.05, 0.1) is 18.3 Å². The quantitative estimate of drug-likeness (QED) is 0.812. The van der Waals surface area contributed by atoms with E-state index in [2.05, 4.69) is 13.8 Å². The van der Waals surface area contributed by atoms with Crippen LogP contribution >= 0.6 is 0 Å². The number of hydrogen-bond acceptors (Lipinski definition) is 2. The second-order valence-corrected chi connectivity index (χ2v) is 7.68. The first-order valence-electron chi connectivity index (χ1n) is 7.85. The Kier molecular flexibility index (Phi) is 3.22. The highest BCUT2D eigenvalue weighted by Gasteiger charge is 2.56. The summed E-state index contributed by atoms with van der Waals surface area (Å²) in [6, 6.07) is 0. The maximum Gasteiger partial charge on any atom is 0.0684 e. The maximum atomic E-state index is 10.1. The highest BCUT2D eigenvalue weighted by molar-refractivity contribution is 5.06. The Morgan fingerprint density at radius 1 is 1.00 bits per heavy atom. The number of aliphatic hydroxyl groups excluding tert-OH is 1. The van der Waals surface area contributed by atoms with Crippen LogP contribution in [0.25, 0.3) is 0 Å². The Labute approximate surface area is 111 Å². The van der Waals surface area contributed by atoms with Crippen molar-refractivity contribution < 1.29 is 9.84 Å². The van der Waals surface area contributed by atoms with E-state index in [0.29, 0.717) is 17.6 Å². The summed E-state index contributed by atoms with van der Waals surface area (Å²) in [5, 5.41) is 10.1. The summed E-state index contributed by atoms with van der Waals surface area (Å²) in [6.07, 6.45) is 11.6. The molecule has 2 heteroatoms. The minimum Gasteiger partial charge on any atom is -0.392 e. The number of ether oxygens (including phenoxy) is 1. The molecule has 3 aliphatic rings. The Bertz CT molecular complexity index is 294. The van der Waals surface area contributed by atoms with E-state index in [-0.39, 0.29) is 11.5 Å². The smallest absolute Gasteiger partial charge is 0.0684 e. The van der Waals surface area contributed by atoms with Crippen molar-refractivity contribution in [2.75, 3.05) is 0 Å². The van der Waals surface area contributed by atoms with Gasteiger partial charge in [-0.1, -0.05) is 26.7 Å². The SMILES string of the molecule is CC1(C)CCC(OC2CC(O)C23CCCC3)CC1. The van der Waals surface area contributed by atoms with E-state index in [1.807, 2.05) is 0 Å². The van der Waals surface area contributed by atoms with Gasteiger partial charge in [-0.05, 0) is 43.9 Å². The van der Waals surface area contributed by atoms with Crippen LogP contribution in [0.5, 0.6) is 0 Å². The standard InChI is InChI=1S/C16H28O2/c1-15(2)9-5-12(6-10-15)18-14-11-13(17)16(14)7-3-4-8-16/h12-14,17H,3-11H2,1-2H3. The molecule has 2 atom stereocenters. The summed E-state index contributed by atoms with van der Waals surface area (Å²) in [5.74, 6) is 0. The van der Waals surface area contributed by atoms with Gasteiger partial charge in [0, 0.05) is 11.8 Å². The lowest BCUT2D eigenvalue weighted by Crippen LogP contribution is -2.57. The fraction of sp³-hybridized carbons (Fsp3) is 1.00. The van der Waals surface area contributed by atoms with Gasteiger partial charge in [0.25, 0.3) is 0 Å². The van der Waals surface area contributed by atoms with Gasteiger partial charge in [-0.3, -0.25) is 0 Å². The average Bonchev–Trinajstić information content (AvgIpc) is 2.83.